The number of ether oxygens (including phenoxy) is 1. The third-order valence-electron chi connectivity index (χ3n) is 5.97. The van der Waals surface area contributed by atoms with Gasteiger partial charge in [-0.1, -0.05) is 29.3 Å². The van der Waals surface area contributed by atoms with E-state index in [1.165, 1.54) is 23.9 Å². The molecule has 1 amide bonds. The molecule has 3 aromatic carbocycles. The molecule has 0 spiro atoms. The highest BCUT2D eigenvalue weighted by molar-refractivity contribution is 8.18. The summed E-state index contributed by atoms with van der Waals surface area (Å²) < 4.78 is 21.2. The third-order valence-corrected chi connectivity index (χ3v) is 7.47. The predicted octanol–water partition coefficient (Wildman–Crippen LogP) is 8.01. The number of aliphatic imine (C=N–C) groups is 1. The molecule has 1 aromatic heterocycles. The van der Waals surface area contributed by atoms with E-state index < -0.39 is 0 Å². The number of hydrogen-bond acceptors (Lipinski definition) is 4. The summed E-state index contributed by atoms with van der Waals surface area (Å²) in [6, 6.07) is 21.0. The van der Waals surface area contributed by atoms with Gasteiger partial charge in [0.1, 0.15) is 18.2 Å². The fourth-order valence-electron chi connectivity index (χ4n) is 4.08. The van der Waals surface area contributed by atoms with Crippen molar-refractivity contribution in [2.24, 2.45) is 4.99 Å². The maximum absolute atomic E-state index is 13.2. The standard InChI is InChI=1S/C29H22Cl2FN3O2S/c1-17-13-20(14-27-28(36)34-29(38-27)33-23-7-5-22(32)6-8-23)18(2)35(17)24-9-11-25(12-10-24)37-16-19-3-4-21(30)15-26(19)31/h3-15H,16H2,1-2H3,(H,33,34,36)/b27-14-. The quantitative estimate of drug-likeness (QED) is 0.241. The molecule has 0 atom stereocenters. The van der Waals surface area contributed by atoms with E-state index in [1.54, 1.807) is 24.3 Å². The Morgan fingerprint density at radius 2 is 1.76 bits per heavy atom. The van der Waals surface area contributed by atoms with Gasteiger partial charge in [0.15, 0.2) is 5.17 Å². The fourth-order valence-corrected chi connectivity index (χ4v) is 5.37. The van der Waals surface area contributed by atoms with Crippen molar-refractivity contribution in [3.63, 3.8) is 0 Å². The Labute approximate surface area is 233 Å². The van der Waals surface area contributed by atoms with Crippen molar-refractivity contribution in [3.05, 3.63) is 116 Å². The van der Waals surface area contributed by atoms with E-state index in [2.05, 4.69) is 14.9 Å². The highest BCUT2D eigenvalue weighted by Crippen LogP contribution is 2.31. The van der Waals surface area contributed by atoms with Crippen LogP contribution in [0.1, 0.15) is 22.5 Å². The number of hydrogen-bond donors (Lipinski definition) is 1. The van der Waals surface area contributed by atoms with Gasteiger partial charge < -0.3 is 14.6 Å². The summed E-state index contributed by atoms with van der Waals surface area (Å²) >= 11 is 13.5. The molecule has 1 aliphatic rings. The summed E-state index contributed by atoms with van der Waals surface area (Å²) in [5.41, 5.74) is 5.35. The van der Waals surface area contributed by atoms with Crippen LogP contribution < -0.4 is 10.1 Å². The number of aromatic nitrogens is 1. The van der Waals surface area contributed by atoms with E-state index in [4.69, 9.17) is 27.9 Å². The van der Waals surface area contributed by atoms with E-state index in [0.717, 1.165) is 34.0 Å². The second-order valence-electron chi connectivity index (χ2n) is 8.64. The minimum atomic E-state index is -0.335. The van der Waals surface area contributed by atoms with Crippen molar-refractivity contribution >= 4 is 57.8 Å². The first-order valence-electron chi connectivity index (χ1n) is 11.7. The summed E-state index contributed by atoms with van der Waals surface area (Å²) in [7, 11) is 0. The average Bonchev–Trinajstić information content (AvgIpc) is 3.37. The van der Waals surface area contributed by atoms with Crippen LogP contribution in [0.5, 0.6) is 5.75 Å². The van der Waals surface area contributed by atoms with Crippen LogP contribution in [-0.4, -0.2) is 15.6 Å². The van der Waals surface area contributed by atoms with Crippen LogP contribution in [0.3, 0.4) is 0 Å². The molecular formula is C29H22Cl2FN3O2S. The lowest BCUT2D eigenvalue weighted by Gasteiger charge is -2.12. The largest absolute Gasteiger partial charge is 0.489 e. The highest BCUT2D eigenvalue weighted by atomic mass is 35.5. The number of carbonyl (C=O) groups is 1. The molecule has 5 nitrogen and oxygen atoms in total. The number of carbonyl (C=O) groups excluding carboxylic acids is 1. The van der Waals surface area contributed by atoms with Crippen molar-refractivity contribution < 1.29 is 13.9 Å². The zero-order chi connectivity index (χ0) is 26.8. The lowest BCUT2D eigenvalue weighted by molar-refractivity contribution is -0.115. The first-order chi connectivity index (χ1) is 18.3. The molecule has 1 N–H and O–H groups in total. The number of amidine groups is 1. The van der Waals surface area contributed by atoms with Crippen LogP contribution in [0.2, 0.25) is 10.0 Å². The van der Waals surface area contributed by atoms with Gasteiger partial charge in [0.05, 0.1) is 10.6 Å². The van der Waals surface area contributed by atoms with Crippen LogP contribution in [-0.2, 0) is 11.4 Å². The predicted molar refractivity (Wildman–Crippen MR) is 153 cm³/mol. The molecular weight excluding hydrogens is 544 g/mol. The lowest BCUT2D eigenvalue weighted by Crippen LogP contribution is -2.19. The summed E-state index contributed by atoms with van der Waals surface area (Å²) in [6.45, 7) is 4.36. The summed E-state index contributed by atoms with van der Waals surface area (Å²) in [6.07, 6.45) is 1.86. The maximum Gasteiger partial charge on any atom is 0.264 e. The van der Waals surface area contributed by atoms with Gasteiger partial charge in [-0.3, -0.25) is 4.79 Å². The van der Waals surface area contributed by atoms with Gasteiger partial charge in [-0.25, -0.2) is 9.38 Å². The molecule has 0 aliphatic carbocycles. The first kappa shape index (κ1) is 26.1. The highest BCUT2D eigenvalue weighted by Gasteiger charge is 2.24. The molecule has 192 valence electrons. The summed E-state index contributed by atoms with van der Waals surface area (Å²) in [5.74, 6) is 0.164. The van der Waals surface area contributed by atoms with E-state index in [-0.39, 0.29) is 11.7 Å². The Kier molecular flexibility index (Phi) is 7.61. The minimum Gasteiger partial charge on any atom is -0.489 e. The van der Waals surface area contributed by atoms with Crippen LogP contribution in [0, 0.1) is 19.7 Å². The summed E-state index contributed by atoms with van der Waals surface area (Å²) in [5, 5.41) is 4.38. The summed E-state index contributed by atoms with van der Waals surface area (Å²) in [4.78, 5) is 17.5. The van der Waals surface area contributed by atoms with Crippen molar-refractivity contribution in [2.75, 3.05) is 0 Å². The number of benzene rings is 3. The molecule has 5 rings (SSSR count). The smallest absolute Gasteiger partial charge is 0.264 e. The molecule has 0 bridgehead atoms. The van der Waals surface area contributed by atoms with Gasteiger partial charge in [0, 0.05) is 32.7 Å². The molecule has 0 saturated carbocycles. The second-order valence-corrected chi connectivity index (χ2v) is 10.5. The number of nitrogens with zero attached hydrogens (tertiary/aromatic N) is 2. The van der Waals surface area contributed by atoms with E-state index >= 15 is 0 Å². The Bertz CT molecular complexity index is 1580. The van der Waals surface area contributed by atoms with Gasteiger partial charge in [-0.2, -0.15) is 0 Å². The zero-order valence-electron chi connectivity index (χ0n) is 20.5. The molecule has 1 saturated heterocycles. The van der Waals surface area contributed by atoms with Gasteiger partial charge in [-0.15, -0.1) is 0 Å². The van der Waals surface area contributed by atoms with Gasteiger partial charge in [-0.05, 0) is 104 Å². The maximum atomic E-state index is 13.2. The monoisotopic (exact) mass is 565 g/mol. The molecule has 4 aromatic rings. The van der Waals surface area contributed by atoms with Gasteiger partial charge in [0.25, 0.3) is 5.91 Å². The van der Waals surface area contributed by atoms with Crippen molar-refractivity contribution in [1.29, 1.82) is 0 Å². The number of rotatable bonds is 6. The van der Waals surface area contributed by atoms with E-state index in [1.807, 2.05) is 56.3 Å². The molecule has 38 heavy (non-hydrogen) atoms. The van der Waals surface area contributed by atoms with E-state index in [9.17, 15) is 9.18 Å². The normalized spacial score (nSPS) is 15.3. The first-order valence-corrected chi connectivity index (χ1v) is 13.3. The van der Waals surface area contributed by atoms with Gasteiger partial charge >= 0.3 is 0 Å². The molecule has 1 fully saturated rings. The topological polar surface area (TPSA) is 55.6 Å². The molecule has 0 radical (unpaired) electrons. The number of aryl methyl sites for hydroxylation is 1. The Hall–Kier alpha value is -3.52. The SMILES string of the molecule is Cc1cc(/C=C2\SC(=Nc3ccc(F)cc3)NC2=O)c(C)n1-c1ccc(OCc2ccc(Cl)cc2Cl)cc1. The fraction of sp³-hybridized carbons (Fsp3) is 0.103. The molecule has 1 aliphatic heterocycles. The van der Waals surface area contributed by atoms with Gasteiger partial charge in [0.2, 0.25) is 0 Å². The zero-order valence-corrected chi connectivity index (χ0v) is 22.8. The average molecular weight is 566 g/mol. The van der Waals surface area contributed by atoms with Crippen LogP contribution >= 0.6 is 35.0 Å². The molecule has 2 heterocycles. The van der Waals surface area contributed by atoms with Crippen molar-refractivity contribution in [1.82, 2.24) is 9.88 Å². The molecule has 0 unspecified atom stereocenters. The number of amides is 1. The van der Waals surface area contributed by atoms with Crippen molar-refractivity contribution in [2.45, 2.75) is 20.5 Å². The third kappa shape index (κ3) is 5.80. The lowest BCUT2D eigenvalue weighted by atomic mass is 10.2. The van der Waals surface area contributed by atoms with Crippen LogP contribution in [0.15, 0.2) is 82.7 Å². The Morgan fingerprint density at radius 1 is 1.03 bits per heavy atom. The van der Waals surface area contributed by atoms with Crippen LogP contribution in [0.25, 0.3) is 11.8 Å². The van der Waals surface area contributed by atoms with E-state index in [0.29, 0.717) is 32.4 Å². The Balaban J connectivity index is 1.31. The number of halogens is 3. The minimum absolute atomic E-state index is 0.219. The Morgan fingerprint density at radius 3 is 2.47 bits per heavy atom. The number of nitrogens with one attached hydrogen (secondary N) is 1. The second kappa shape index (κ2) is 11.1. The van der Waals surface area contributed by atoms with Crippen LogP contribution in [0.4, 0.5) is 10.1 Å². The molecule has 9 heteroatoms. The van der Waals surface area contributed by atoms with Crippen molar-refractivity contribution in [3.8, 4) is 11.4 Å². The number of thioether (sulfide) groups is 1.